The molecule has 3 aliphatic heterocycles. The van der Waals surface area contributed by atoms with Crippen LogP contribution in [0.15, 0.2) is 122 Å². The van der Waals surface area contributed by atoms with Crippen molar-refractivity contribution in [3.05, 3.63) is 144 Å². The smallest absolute Gasteiger partial charge is 0.325 e. The van der Waals surface area contributed by atoms with E-state index in [-0.39, 0.29) is 19.8 Å². The van der Waals surface area contributed by atoms with Gasteiger partial charge in [0.25, 0.3) is 0 Å². The molecule has 0 aromatic heterocycles. The Bertz CT molecular complexity index is 1810. The van der Waals surface area contributed by atoms with E-state index in [9.17, 15) is 19.5 Å². The van der Waals surface area contributed by atoms with E-state index in [0.717, 1.165) is 11.1 Å². The van der Waals surface area contributed by atoms with Gasteiger partial charge < -0.3 is 24.6 Å². The van der Waals surface area contributed by atoms with E-state index in [1.54, 1.807) is 18.2 Å². The second-order valence-electron chi connectivity index (χ2n) is 11.8. The highest BCUT2D eigenvalue weighted by Crippen LogP contribution is 2.65. The van der Waals surface area contributed by atoms with E-state index in [2.05, 4.69) is 11.9 Å². The Morgan fingerprint density at radius 3 is 2.28 bits per heavy atom. The fraction of sp³-hybridized carbons (Fsp3) is 0.237. The van der Waals surface area contributed by atoms with E-state index in [1.807, 2.05) is 95.9 Å². The minimum absolute atomic E-state index is 0.00451. The summed E-state index contributed by atoms with van der Waals surface area (Å²) in [4.78, 5) is 45.7. The van der Waals surface area contributed by atoms with Gasteiger partial charge in [0, 0.05) is 11.3 Å². The average molecular weight is 631 g/mol. The number of rotatable bonds is 9. The van der Waals surface area contributed by atoms with E-state index in [0.29, 0.717) is 22.6 Å². The maximum atomic E-state index is 14.8. The van der Waals surface area contributed by atoms with E-state index < -0.39 is 53.4 Å². The van der Waals surface area contributed by atoms with Crippen LogP contribution >= 0.6 is 0 Å². The fourth-order valence-electron chi connectivity index (χ4n) is 7.71. The van der Waals surface area contributed by atoms with Crippen LogP contribution in [0.1, 0.15) is 40.4 Å². The monoisotopic (exact) mass is 630 g/mol. The third kappa shape index (κ3) is 4.81. The molecule has 1 spiro atoms. The largest absolute Gasteiger partial charge is 0.491 e. The van der Waals surface area contributed by atoms with Gasteiger partial charge in [-0.1, -0.05) is 110 Å². The average Bonchev–Trinajstić information content (AvgIpc) is 3.59. The number of ether oxygens (including phenoxy) is 3. The molecule has 7 rings (SSSR count). The number of nitrogens with one attached hydrogen (secondary N) is 1. The van der Waals surface area contributed by atoms with Crippen LogP contribution in [0.5, 0.6) is 5.75 Å². The molecule has 1 amide bonds. The molecule has 2 N–H and O–H groups in total. The summed E-state index contributed by atoms with van der Waals surface area (Å²) in [7, 11) is 0. The van der Waals surface area contributed by atoms with Crippen LogP contribution in [-0.2, 0) is 29.3 Å². The maximum absolute atomic E-state index is 14.8. The highest BCUT2D eigenvalue weighted by atomic mass is 16.6. The zero-order chi connectivity index (χ0) is 32.5. The summed E-state index contributed by atoms with van der Waals surface area (Å²) in [6, 6.07) is 30.8. The van der Waals surface area contributed by atoms with Crippen molar-refractivity contribution in [2.24, 2.45) is 5.92 Å². The first-order valence-corrected chi connectivity index (χ1v) is 15.6. The summed E-state index contributed by atoms with van der Waals surface area (Å²) >= 11 is 0. The molecule has 9 heteroatoms. The number of morpholine rings is 1. The van der Waals surface area contributed by atoms with Crippen molar-refractivity contribution in [2.75, 3.05) is 25.1 Å². The normalized spacial score (nSPS) is 26.2. The Kier molecular flexibility index (Phi) is 8.09. The number of para-hydroxylation sites is 2. The second kappa shape index (κ2) is 12.5. The molecule has 2 saturated heterocycles. The molecule has 4 aromatic carbocycles. The van der Waals surface area contributed by atoms with Crippen molar-refractivity contribution in [1.29, 1.82) is 0 Å². The molecule has 3 heterocycles. The molecule has 2 fully saturated rings. The van der Waals surface area contributed by atoms with E-state index in [4.69, 9.17) is 14.2 Å². The molecule has 0 aliphatic carbocycles. The fourth-order valence-corrected chi connectivity index (χ4v) is 7.71. The maximum Gasteiger partial charge on any atom is 0.325 e. The molecule has 0 radical (unpaired) electrons. The minimum Gasteiger partial charge on any atom is -0.491 e. The van der Waals surface area contributed by atoms with Crippen LogP contribution in [0.3, 0.4) is 0 Å². The Balaban J connectivity index is 1.57. The van der Waals surface area contributed by atoms with Gasteiger partial charge in [0.1, 0.15) is 42.4 Å². The zero-order valence-electron chi connectivity index (χ0n) is 25.5. The first kappa shape index (κ1) is 30.4. The lowest BCUT2D eigenvalue weighted by Gasteiger charge is -2.46. The number of cyclic esters (lactones) is 1. The third-order valence-corrected chi connectivity index (χ3v) is 9.38. The van der Waals surface area contributed by atoms with Gasteiger partial charge in [0.2, 0.25) is 5.91 Å². The van der Waals surface area contributed by atoms with Crippen molar-refractivity contribution in [2.45, 2.75) is 29.6 Å². The molecule has 0 bridgehead atoms. The highest BCUT2D eigenvalue weighted by Gasteiger charge is 2.74. The van der Waals surface area contributed by atoms with Gasteiger partial charge >= 0.3 is 11.9 Å². The molecule has 238 valence electrons. The quantitative estimate of drug-likeness (QED) is 0.195. The van der Waals surface area contributed by atoms with Crippen molar-refractivity contribution < 1.29 is 33.7 Å². The van der Waals surface area contributed by atoms with Gasteiger partial charge in [-0.15, -0.1) is 0 Å². The number of fused-ring (bicyclic) bond motifs is 3. The number of nitrogens with zero attached hydrogens (tertiary/aromatic N) is 1. The number of benzene rings is 4. The first-order chi connectivity index (χ1) is 23.0. The summed E-state index contributed by atoms with van der Waals surface area (Å²) in [5.41, 5.74) is 1.65. The minimum atomic E-state index is -1.64. The van der Waals surface area contributed by atoms with Crippen molar-refractivity contribution >= 4 is 23.5 Å². The molecular weight excluding hydrogens is 596 g/mol. The summed E-state index contributed by atoms with van der Waals surface area (Å²) in [5.74, 6) is -2.68. The van der Waals surface area contributed by atoms with Crippen LogP contribution in [0.2, 0.25) is 0 Å². The van der Waals surface area contributed by atoms with Gasteiger partial charge in [-0.25, -0.2) is 0 Å². The number of hydrogen-bond acceptors (Lipinski definition) is 8. The number of aliphatic hydroxyl groups excluding tert-OH is 1. The molecule has 0 saturated carbocycles. The molecule has 1 unspecified atom stereocenters. The van der Waals surface area contributed by atoms with Gasteiger partial charge in [0.05, 0.1) is 18.7 Å². The lowest BCUT2D eigenvalue weighted by Crippen LogP contribution is -2.52. The number of aliphatic hydroxyl groups is 1. The lowest BCUT2D eigenvalue weighted by molar-refractivity contribution is -0.180. The lowest BCUT2D eigenvalue weighted by atomic mass is 9.65. The number of esters is 2. The Morgan fingerprint density at radius 1 is 0.894 bits per heavy atom. The molecule has 4 aromatic rings. The molecule has 9 nitrogen and oxygen atoms in total. The van der Waals surface area contributed by atoms with Crippen LogP contribution in [-0.4, -0.2) is 53.7 Å². The third-order valence-electron chi connectivity index (χ3n) is 9.38. The second-order valence-corrected chi connectivity index (χ2v) is 11.8. The van der Waals surface area contributed by atoms with E-state index in [1.165, 1.54) is 6.08 Å². The summed E-state index contributed by atoms with van der Waals surface area (Å²) in [6.45, 7) is 3.37. The predicted octanol–water partition coefficient (Wildman–Crippen LogP) is 5.06. The number of carbonyl (C=O) groups excluding carboxylic acids is 3. The van der Waals surface area contributed by atoms with Crippen LogP contribution in [0.4, 0.5) is 5.69 Å². The Labute approximate surface area is 272 Å². The van der Waals surface area contributed by atoms with Crippen molar-refractivity contribution in [3.63, 3.8) is 0 Å². The molecule has 3 aliphatic rings. The van der Waals surface area contributed by atoms with Crippen molar-refractivity contribution in [1.82, 2.24) is 4.90 Å². The van der Waals surface area contributed by atoms with Gasteiger partial charge in [-0.05, 0) is 28.8 Å². The van der Waals surface area contributed by atoms with Crippen molar-refractivity contribution in [3.8, 4) is 5.75 Å². The van der Waals surface area contributed by atoms with Crippen LogP contribution in [0, 0.1) is 5.92 Å². The summed E-state index contributed by atoms with van der Waals surface area (Å²) < 4.78 is 18.1. The number of hydrogen-bond donors (Lipinski definition) is 2. The number of amides is 1. The van der Waals surface area contributed by atoms with Crippen LogP contribution in [0.25, 0.3) is 0 Å². The summed E-state index contributed by atoms with van der Waals surface area (Å²) in [6.07, 6.45) is 0.669. The molecule has 47 heavy (non-hydrogen) atoms. The predicted molar refractivity (Wildman–Crippen MR) is 173 cm³/mol. The van der Waals surface area contributed by atoms with Gasteiger partial charge in [0.15, 0.2) is 0 Å². The van der Waals surface area contributed by atoms with Gasteiger partial charge in [-0.2, -0.15) is 0 Å². The first-order valence-electron chi connectivity index (χ1n) is 15.6. The number of carbonyl (C=O) groups is 3. The summed E-state index contributed by atoms with van der Waals surface area (Å²) in [5, 5.41) is 12.7. The van der Waals surface area contributed by atoms with Gasteiger partial charge in [-0.3, -0.25) is 19.3 Å². The Morgan fingerprint density at radius 2 is 1.55 bits per heavy atom. The zero-order valence-corrected chi connectivity index (χ0v) is 25.5. The standard InChI is InChI=1S/C38H34N2O7/c1-2-22-46-35(42)30-32-36(43)47-33(25-15-7-4-8-16-25)31(24-13-5-3-6-14-24)40(32)34(26-17-9-12-20-29(26)45-23-21-41)38(30)27-18-10-11-19-28(27)39-37(38)44/h2-20,30-34,41H,1,21-23H2,(H,39,44)/t30?,31-,32-,33+,34+,38-/m1/s1. The van der Waals surface area contributed by atoms with E-state index >= 15 is 0 Å². The SMILES string of the molecule is C=CCOC(=O)C1[C@@H]2C(=O)O[C@@H](c3ccccc3)[C@@H](c3ccccc3)N2[C@@H](c2ccccc2OCCO)[C@]12C(=O)Nc1ccccc12. The highest BCUT2D eigenvalue weighted by molar-refractivity contribution is 6.11. The topological polar surface area (TPSA) is 114 Å². The molecule has 6 atom stereocenters. The molecular formula is C38H34N2O7. The Hall–Kier alpha value is -5.25. The number of anilines is 1. The van der Waals surface area contributed by atoms with Crippen LogP contribution < -0.4 is 10.1 Å².